The number of halogens is 1. The third kappa shape index (κ3) is 2.90. The van der Waals surface area contributed by atoms with Crippen molar-refractivity contribution in [3.05, 3.63) is 52.8 Å². The molecule has 0 radical (unpaired) electrons. The summed E-state index contributed by atoms with van der Waals surface area (Å²) in [5, 5.41) is 13.6. The standard InChI is InChI=1S/C17H17ClN4O2/c18-12-9-14-15(19-10-12)17(22-4-6-24-7-5-22)21-16(20-14)11-2-1-3-13(23)8-11/h1-3,8-10,15,19,23H,4-7H2. The summed E-state index contributed by atoms with van der Waals surface area (Å²) >= 11 is 6.13. The van der Waals surface area contributed by atoms with Crippen molar-refractivity contribution in [1.82, 2.24) is 10.2 Å². The highest BCUT2D eigenvalue weighted by molar-refractivity contribution is 6.31. The zero-order valence-electron chi connectivity index (χ0n) is 12.9. The van der Waals surface area contributed by atoms with Crippen LogP contribution in [-0.4, -0.2) is 54.0 Å². The molecular weight excluding hydrogens is 328 g/mol. The Balaban J connectivity index is 1.77. The number of aliphatic imine (C=N–C) groups is 2. The first-order valence-corrected chi connectivity index (χ1v) is 8.21. The second kappa shape index (κ2) is 6.30. The predicted octanol–water partition coefficient (Wildman–Crippen LogP) is 1.82. The summed E-state index contributed by atoms with van der Waals surface area (Å²) in [5.74, 6) is 1.66. The molecule has 0 spiro atoms. The van der Waals surface area contributed by atoms with Crippen LogP contribution in [0.5, 0.6) is 5.75 Å². The molecule has 3 aliphatic rings. The SMILES string of the molecule is Oc1cccc(C2=NC3=CC(Cl)=CNC3C(N3CCOCC3)=N2)c1. The maximum atomic E-state index is 9.75. The van der Waals surface area contributed by atoms with Crippen LogP contribution >= 0.6 is 11.6 Å². The van der Waals surface area contributed by atoms with Crippen molar-refractivity contribution in [2.45, 2.75) is 6.04 Å². The Labute approximate surface area is 144 Å². The Hall–Kier alpha value is -2.31. The van der Waals surface area contributed by atoms with E-state index < -0.39 is 0 Å². The molecular formula is C17H17ClN4O2. The van der Waals surface area contributed by atoms with Crippen LogP contribution in [0.2, 0.25) is 0 Å². The maximum absolute atomic E-state index is 9.75. The van der Waals surface area contributed by atoms with E-state index in [0.717, 1.165) is 30.2 Å². The lowest BCUT2D eigenvalue weighted by Gasteiger charge is -2.36. The van der Waals surface area contributed by atoms with Gasteiger partial charge in [-0.1, -0.05) is 23.7 Å². The molecule has 0 saturated carbocycles. The van der Waals surface area contributed by atoms with Gasteiger partial charge in [-0.05, 0) is 18.2 Å². The third-order valence-corrected chi connectivity index (χ3v) is 4.34. The number of phenolic OH excluding ortho intramolecular Hbond substituents is 1. The molecule has 2 N–H and O–H groups in total. The third-order valence-electron chi connectivity index (χ3n) is 4.12. The van der Waals surface area contributed by atoms with Crippen LogP contribution in [0.25, 0.3) is 0 Å². The number of allylic oxidation sites excluding steroid dienone is 2. The number of aromatic hydroxyl groups is 1. The molecule has 1 atom stereocenters. The topological polar surface area (TPSA) is 69.5 Å². The number of hydrogen-bond donors (Lipinski definition) is 2. The Morgan fingerprint density at radius 3 is 2.88 bits per heavy atom. The molecule has 7 heteroatoms. The van der Waals surface area contributed by atoms with E-state index in [1.807, 2.05) is 12.1 Å². The summed E-state index contributed by atoms with van der Waals surface area (Å²) in [6, 6.07) is 6.83. The molecule has 1 aromatic carbocycles. The van der Waals surface area contributed by atoms with Crippen LogP contribution in [0.15, 0.2) is 57.3 Å². The van der Waals surface area contributed by atoms with Crippen molar-refractivity contribution >= 4 is 23.3 Å². The number of benzene rings is 1. The van der Waals surface area contributed by atoms with E-state index in [-0.39, 0.29) is 11.8 Å². The minimum absolute atomic E-state index is 0.119. The predicted molar refractivity (Wildman–Crippen MR) is 93.4 cm³/mol. The second-order valence-electron chi connectivity index (χ2n) is 5.75. The average molecular weight is 345 g/mol. The summed E-state index contributed by atoms with van der Waals surface area (Å²) in [5.41, 5.74) is 1.59. The molecule has 1 aromatic rings. The highest BCUT2D eigenvalue weighted by atomic mass is 35.5. The van der Waals surface area contributed by atoms with Crippen LogP contribution < -0.4 is 5.32 Å². The monoisotopic (exact) mass is 344 g/mol. The van der Waals surface area contributed by atoms with Crippen molar-refractivity contribution in [2.24, 2.45) is 9.98 Å². The first kappa shape index (κ1) is 15.2. The van der Waals surface area contributed by atoms with Crippen molar-refractivity contribution in [3.8, 4) is 5.75 Å². The number of dihydropyridines is 1. The first-order chi connectivity index (χ1) is 11.7. The molecule has 1 fully saturated rings. The molecule has 6 nitrogen and oxygen atoms in total. The Morgan fingerprint density at radius 1 is 1.25 bits per heavy atom. The molecule has 1 unspecified atom stereocenters. The fourth-order valence-electron chi connectivity index (χ4n) is 2.96. The number of hydrogen-bond acceptors (Lipinski definition) is 6. The number of nitrogens with zero attached hydrogens (tertiary/aromatic N) is 3. The lowest BCUT2D eigenvalue weighted by molar-refractivity contribution is 0.0668. The van der Waals surface area contributed by atoms with Crippen molar-refractivity contribution < 1.29 is 9.84 Å². The Bertz CT molecular complexity index is 779. The van der Waals surface area contributed by atoms with Crippen LogP contribution in [0.4, 0.5) is 0 Å². The fraction of sp³-hybridized carbons (Fsp3) is 0.294. The van der Waals surface area contributed by atoms with E-state index in [9.17, 15) is 5.11 Å². The summed E-state index contributed by atoms with van der Waals surface area (Å²) in [7, 11) is 0. The number of morpholine rings is 1. The van der Waals surface area contributed by atoms with Gasteiger partial charge in [0.1, 0.15) is 17.6 Å². The van der Waals surface area contributed by atoms with Crippen LogP contribution in [-0.2, 0) is 4.74 Å². The minimum atomic E-state index is -0.119. The van der Waals surface area contributed by atoms with Crippen LogP contribution in [0.3, 0.4) is 0 Å². The van der Waals surface area contributed by atoms with E-state index in [0.29, 0.717) is 24.1 Å². The largest absolute Gasteiger partial charge is 0.508 e. The number of amidine groups is 2. The van der Waals surface area contributed by atoms with Gasteiger partial charge in [-0.2, -0.15) is 0 Å². The summed E-state index contributed by atoms with van der Waals surface area (Å²) in [4.78, 5) is 11.6. The van der Waals surface area contributed by atoms with Crippen molar-refractivity contribution in [2.75, 3.05) is 26.3 Å². The number of rotatable bonds is 1. The lowest BCUT2D eigenvalue weighted by atomic mass is 10.1. The van der Waals surface area contributed by atoms with E-state index in [1.54, 1.807) is 24.4 Å². The average Bonchev–Trinajstić information content (AvgIpc) is 2.61. The minimum Gasteiger partial charge on any atom is -0.508 e. The summed E-state index contributed by atoms with van der Waals surface area (Å²) < 4.78 is 5.44. The van der Waals surface area contributed by atoms with Gasteiger partial charge in [-0.15, -0.1) is 0 Å². The molecule has 0 bridgehead atoms. The molecule has 0 aromatic heterocycles. The first-order valence-electron chi connectivity index (χ1n) is 7.83. The van der Waals surface area contributed by atoms with Gasteiger partial charge in [0.2, 0.25) is 0 Å². The lowest BCUT2D eigenvalue weighted by Crippen LogP contribution is -2.52. The second-order valence-corrected chi connectivity index (χ2v) is 6.19. The van der Waals surface area contributed by atoms with E-state index >= 15 is 0 Å². The van der Waals surface area contributed by atoms with Crippen molar-refractivity contribution in [3.63, 3.8) is 0 Å². The fourth-order valence-corrected chi connectivity index (χ4v) is 3.13. The van der Waals surface area contributed by atoms with E-state index in [1.165, 1.54) is 0 Å². The Morgan fingerprint density at radius 2 is 2.08 bits per heavy atom. The zero-order chi connectivity index (χ0) is 16.5. The van der Waals surface area contributed by atoms with Gasteiger partial charge >= 0.3 is 0 Å². The summed E-state index contributed by atoms with van der Waals surface area (Å²) in [6.45, 7) is 2.93. The summed E-state index contributed by atoms with van der Waals surface area (Å²) in [6.07, 6.45) is 3.61. The highest BCUT2D eigenvalue weighted by Crippen LogP contribution is 2.25. The Kier molecular flexibility index (Phi) is 4.00. The van der Waals surface area contributed by atoms with Crippen molar-refractivity contribution in [1.29, 1.82) is 0 Å². The van der Waals surface area contributed by atoms with Gasteiger partial charge in [0.25, 0.3) is 0 Å². The smallest absolute Gasteiger partial charge is 0.161 e. The van der Waals surface area contributed by atoms with Gasteiger partial charge in [0.15, 0.2) is 5.84 Å². The van der Waals surface area contributed by atoms with Crippen LogP contribution in [0.1, 0.15) is 5.56 Å². The molecule has 0 aliphatic carbocycles. The quantitative estimate of drug-likeness (QED) is 0.815. The zero-order valence-corrected chi connectivity index (χ0v) is 13.7. The number of phenols is 1. The van der Waals surface area contributed by atoms with Gasteiger partial charge in [0, 0.05) is 24.9 Å². The van der Waals surface area contributed by atoms with Gasteiger partial charge in [0.05, 0.1) is 23.9 Å². The molecule has 0 amide bonds. The molecule has 1 saturated heterocycles. The van der Waals surface area contributed by atoms with E-state index in [2.05, 4.69) is 15.2 Å². The molecule has 4 rings (SSSR count). The maximum Gasteiger partial charge on any atom is 0.161 e. The highest BCUT2D eigenvalue weighted by Gasteiger charge is 2.32. The molecule has 124 valence electrons. The van der Waals surface area contributed by atoms with Gasteiger partial charge in [-0.3, -0.25) is 0 Å². The van der Waals surface area contributed by atoms with Gasteiger partial charge < -0.3 is 20.1 Å². The molecule has 3 aliphatic heterocycles. The van der Waals surface area contributed by atoms with Crippen LogP contribution in [0, 0.1) is 0 Å². The molecule has 24 heavy (non-hydrogen) atoms. The molecule has 3 heterocycles. The van der Waals surface area contributed by atoms with E-state index in [4.69, 9.17) is 21.3 Å². The van der Waals surface area contributed by atoms with Gasteiger partial charge in [-0.25, -0.2) is 9.98 Å². The number of fused-ring (bicyclic) bond motifs is 1. The number of ether oxygens (including phenoxy) is 1. The normalized spacial score (nSPS) is 23.4. The number of nitrogens with one attached hydrogen (secondary N) is 1.